The fraction of sp³-hybridized carbons (Fsp3) is 1.00. The Labute approximate surface area is 117 Å². The van der Waals surface area contributed by atoms with Crippen LogP contribution in [-0.4, -0.2) is 48.4 Å². The zero-order valence-corrected chi connectivity index (χ0v) is 12.8. The van der Waals surface area contributed by atoms with Crippen molar-refractivity contribution in [2.24, 2.45) is 10.8 Å². The molecule has 0 radical (unpaired) electrons. The first-order chi connectivity index (χ1) is 8.89. The van der Waals surface area contributed by atoms with Crippen LogP contribution in [0.25, 0.3) is 0 Å². The van der Waals surface area contributed by atoms with Crippen LogP contribution in [0.5, 0.6) is 0 Å². The second kappa shape index (κ2) is 9.70. The molecule has 1 aliphatic rings. The molecule has 3 N–H and O–H groups in total. The molecule has 0 aliphatic heterocycles. The first-order valence-corrected chi connectivity index (χ1v) is 7.29. The van der Waals surface area contributed by atoms with Crippen LogP contribution in [0.3, 0.4) is 0 Å². The van der Waals surface area contributed by atoms with E-state index in [0.29, 0.717) is 13.2 Å². The summed E-state index contributed by atoms with van der Waals surface area (Å²) in [6.07, 6.45) is 5.60. The number of aliphatic hydroxyl groups excluding tert-OH is 3. The van der Waals surface area contributed by atoms with Gasteiger partial charge in [-0.05, 0) is 18.3 Å². The standard InChI is InChI=1S/C8H16O2.C7H16O2/c9-6-8(7-10)4-2-1-3-5-8;1-7(2,3)6-9-5-4-8/h9-10H,1-7H2;8H,4-6H2,1-3H3. The van der Waals surface area contributed by atoms with Crippen molar-refractivity contribution in [1.82, 2.24) is 0 Å². The molecule has 0 atom stereocenters. The molecule has 19 heavy (non-hydrogen) atoms. The van der Waals surface area contributed by atoms with Gasteiger partial charge in [-0.1, -0.05) is 40.0 Å². The molecule has 0 aromatic heterocycles. The third-order valence-corrected chi connectivity index (χ3v) is 3.36. The van der Waals surface area contributed by atoms with Crippen molar-refractivity contribution < 1.29 is 20.1 Å². The molecule has 1 rings (SSSR count). The molecule has 0 aromatic rings. The molecule has 0 unspecified atom stereocenters. The maximum Gasteiger partial charge on any atom is 0.0697 e. The van der Waals surface area contributed by atoms with Crippen molar-refractivity contribution in [1.29, 1.82) is 0 Å². The Morgan fingerprint density at radius 1 is 0.947 bits per heavy atom. The number of hydrogen-bond donors (Lipinski definition) is 3. The third-order valence-electron chi connectivity index (χ3n) is 3.36. The predicted molar refractivity (Wildman–Crippen MR) is 77.0 cm³/mol. The SMILES string of the molecule is CC(C)(C)COCCO.OCC1(CO)CCCCC1. The number of aliphatic hydroxyl groups is 3. The summed E-state index contributed by atoms with van der Waals surface area (Å²) in [5, 5.41) is 26.3. The first-order valence-electron chi connectivity index (χ1n) is 7.29. The predicted octanol–water partition coefficient (Wildman–Crippen LogP) is 1.96. The summed E-state index contributed by atoms with van der Waals surface area (Å²) in [5.74, 6) is 0. The van der Waals surface area contributed by atoms with Gasteiger partial charge in [0.25, 0.3) is 0 Å². The van der Waals surface area contributed by atoms with Crippen LogP contribution in [0, 0.1) is 10.8 Å². The lowest BCUT2D eigenvalue weighted by Gasteiger charge is -2.33. The molecule has 4 nitrogen and oxygen atoms in total. The van der Waals surface area contributed by atoms with Gasteiger partial charge in [0.15, 0.2) is 0 Å². The van der Waals surface area contributed by atoms with Crippen molar-refractivity contribution in [3.8, 4) is 0 Å². The Morgan fingerprint density at radius 2 is 1.47 bits per heavy atom. The maximum atomic E-state index is 8.98. The van der Waals surface area contributed by atoms with E-state index in [4.69, 9.17) is 20.1 Å². The Hall–Kier alpha value is -0.160. The molecule has 0 spiro atoms. The summed E-state index contributed by atoms with van der Waals surface area (Å²) in [6, 6.07) is 0. The maximum absolute atomic E-state index is 8.98. The van der Waals surface area contributed by atoms with Crippen LogP contribution in [0.2, 0.25) is 0 Å². The number of hydrogen-bond acceptors (Lipinski definition) is 4. The third kappa shape index (κ3) is 9.38. The fourth-order valence-electron chi connectivity index (χ4n) is 2.11. The molecule has 0 bridgehead atoms. The van der Waals surface area contributed by atoms with E-state index in [-0.39, 0.29) is 30.7 Å². The summed E-state index contributed by atoms with van der Waals surface area (Å²) in [6.45, 7) is 7.91. The van der Waals surface area contributed by atoms with Gasteiger partial charge in [-0.25, -0.2) is 0 Å². The van der Waals surface area contributed by atoms with Crippen molar-refractivity contribution >= 4 is 0 Å². The van der Waals surface area contributed by atoms with E-state index in [1.54, 1.807) is 0 Å². The summed E-state index contributed by atoms with van der Waals surface area (Å²) in [7, 11) is 0. The Kier molecular flexibility index (Phi) is 9.62. The minimum atomic E-state index is -0.127. The van der Waals surface area contributed by atoms with Crippen LogP contribution >= 0.6 is 0 Å². The molecule has 1 fully saturated rings. The van der Waals surface area contributed by atoms with Crippen LogP contribution in [0.4, 0.5) is 0 Å². The summed E-state index contributed by atoms with van der Waals surface area (Å²) in [5.41, 5.74) is 0.0907. The Morgan fingerprint density at radius 3 is 1.79 bits per heavy atom. The molecule has 0 aromatic carbocycles. The first kappa shape index (κ1) is 18.8. The normalized spacial score (nSPS) is 18.6. The quantitative estimate of drug-likeness (QED) is 0.671. The molecular formula is C15H32O4. The molecule has 0 saturated heterocycles. The van der Waals surface area contributed by atoms with E-state index < -0.39 is 0 Å². The Bertz CT molecular complexity index is 199. The lowest BCUT2D eigenvalue weighted by molar-refractivity contribution is 0.0234. The molecule has 0 heterocycles. The topological polar surface area (TPSA) is 69.9 Å². The highest BCUT2D eigenvalue weighted by molar-refractivity contribution is 4.81. The number of ether oxygens (including phenoxy) is 1. The second-order valence-corrected chi connectivity index (χ2v) is 6.71. The zero-order valence-electron chi connectivity index (χ0n) is 12.8. The van der Waals surface area contributed by atoms with Crippen molar-refractivity contribution in [3.63, 3.8) is 0 Å². The lowest BCUT2D eigenvalue weighted by Crippen LogP contribution is -2.31. The van der Waals surface area contributed by atoms with Gasteiger partial charge in [0.2, 0.25) is 0 Å². The highest BCUT2D eigenvalue weighted by atomic mass is 16.5. The monoisotopic (exact) mass is 276 g/mol. The van der Waals surface area contributed by atoms with Crippen LogP contribution in [0.15, 0.2) is 0 Å². The van der Waals surface area contributed by atoms with E-state index in [2.05, 4.69) is 20.8 Å². The van der Waals surface area contributed by atoms with Crippen LogP contribution < -0.4 is 0 Å². The van der Waals surface area contributed by atoms with Crippen molar-refractivity contribution in [3.05, 3.63) is 0 Å². The lowest BCUT2D eigenvalue weighted by atomic mass is 9.75. The smallest absolute Gasteiger partial charge is 0.0697 e. The van der Waals surface area contributed by atoms with E-state index in [1.807, 2.05) is 0 Å². The van der Waals surface area contributed by atoms with Gasteiger partial charge < -0.3 is 20.1 Å². The van der Waals surface area contributed by atoms with Gasteiger partial charge in [0.1, 0.15) is 0 Å². The van der Waals surface area contributed by atoms with E-state index in [0.717, 1.165) is 12.8 Å². The van der Waals surface area contributed by atoms with Crippen molar-refractivity contribution in [2.75, 3.05) is 33.0 Å². The van der Waals surface area contributed by atoms with Crippen LogP contribution in [-0.2, 0) is 4.74 Å². The summed E-state index contributed by atoms with van der Waals surface area (Å²) in [4.78, 5) is 0. The van der Waals surface area contributed by atoms with E-state index >= 15 is 0 Å². The Balaban J connectivity index is 0.000000344. The fourth-order valence-corrected chi connectivity index (χ4v) is 2.11. The van der Waals surface area contributed by atoms with E-state index in [1.165, 1.54) is 19.3 Å². The minimum absolute atomic E-state index is 0.121. The van der Waals surface area contributed by atoms with Gasteiger partial charge in [0, 0.05) is 5.41 Å². The minimum Gasteiger partial charge on any atom is -0.396 e. The van der Waals surface area contributed by atoms with Crippen molar-refractivity contribution in [2.45, 2.75) is 52.9 Å². The second-order valence-electron chi connectivity index (χ2n) is 6.71. The summed E-state index contributed by atoms with van der Waals surface area (Å²) < 4.78 is 5.10. The number of rotatable bonds is 5. The van der Waals surface area contributed by atoms with Gasteiger partial charge in [-0.2, -0.15) is 0 Å². The molecule has 0 amide bonds. The highest BCUT2D eigenvalue weighted by Crippen LogP contribution is 2.34. The average molecular weight is 276 g/mol. The van der Waals surface area contributed by atoms with Crippen LogP contribution in [0.1, 0.15) is 52.9 Å². The zero-order chi connectivity index (χ0) is 14.8. The van der Waals surface area contributed by atoms with Gasteiger partial charge in [-0.3, -0.25) is 0 Å². The van der Waals surface area contributed by atoms with Gasteiger partial charge >= 0.3 is 0 Å². The largest absolute Gasteiger partial charge is 0.396 e. The molecular weight excluding hydrogens is 244 g/mol. The van der Waals surface area contributed by atoms with Gasteiger partial charge in [0.05, 0.1) is 33.0 Å². The molecule has 1 aliphatic carbocycles. The van der Waals surface area contributed by atoms with E-state index in [9.17, 15) is 0 Å². The molecule has 116 valence electrons. The molecule has 4 heteroatoms. The van der Waals surface area contributed by atoms with Gasteiger partial charge in [-0.15, -0.1) is 0 Å². The summed E-state index contributed by atoms with van der Waals surface area (Å²) >= 11 is 0. The molecule has 1 saturated carbocycles. The highest BCUT2D eigenvalue weighted by Gasteiger charge is 2.30. The average Bonchev–Trinajstić information content (AvgIpc) is 2.39.